The molecule has 0 spiro atoms. The average molecular weight is 379 g/mol. The highest BCUT2D eigenvalue weighted by atomic mass is 35.5. The average Bonchev–Trinajstić information content (AvgIpc) is 3.28. The first-order chi connectivity index (χ1) is 13.2. The number of rotatable bonds is 4. The summed E-state index contributed by atoms with van der Waals surface area (Å²) in [5, 5.41) is 3.50. The van der Waals surface area contributed by atoms with Crippen molar-refractivity contribution in [1.82, 2.24) is 15.0 Å². The fourth-order valence-electron chi connectivity index (χ4n) is 3.09. The van der Waals surface area contributed by atoms with Gasteiger partial charge in [-0.25, -0.2) is 4.98 Å². The number of imidazole rings is 1. The van der Waals surface area contributed by atoms with Crippen LogP contribution < -0.4 is 5.32 Å². The third kappa shape index (κ3) is 3.46. The molecule has 3 N–H and O–H groups in total. The number of anilines is 1. The van der Waals surface area contributed by atoms with Gasteiger partial charge in [-0.15, -0.1) is 0 Å². The summed E-state index contributed by atoms with van der Waals surface area (Å²) in [5.41, 5.74) is 2.72. The molecule has 1 aromatic carbocycles. The molecular formula is C21H19ClN4O. The highest BCUT2D eigenvalue weighted by Crippen LogP contribution is 2.31. The summed E-state index contributed by atoms with van der Waals surface area (Å²) < 4.78 is 0. The molecule has 1 atom stereocenters. The van der Waals surface area contributed by atoms with Gasteiger partial charge in [0.05, 0.1) is 11.1 Å². The lowest BCUT2D eigenvalue weighted by Gasteiger charge is -2.04. The zero-order chi connectivity index (χ0) is 18.8. The van der Waals surface area contributed by atoms with Crippen molar-refractivity contribution in [2.45, 2.75) is 13.3 Å². The minimum atomic E-state index is -0.219. The predicted octanol–water partition coefficient (Wildman–Crippen LogP) is 5.25. The second-order valence-corrected chi connectivity index (χ2v) is 6.78. The maximum atomic E-state index is 12.7. The second-order valence-electron chi connectivity index (χ2n) is 6.38. The number of aromatic nitrogens is 3. The molecular weight excluding hydrogens is 360 g/mol. The number of amides is 1. The normalized spacial score (nSPS) is 16.7. The molecule has 0 saturated carbocycles. The van der Waals surface area contributed by atoms with Crippen LogP contribution in [0.25, 0.3) is 16.6 Å². The molecule has 1 aliphatic rings. The molecule has 0 bridgehead atoms. The second kappa shape index (κ2) is 7.29. The summed E-state index contributed by atoms with van der Waals surface area (Å²) in [4.78, 5) is 23.6. The molecule has 0 aliphatic heterocycles. The fraction of sp³-hybridized carbons (Fsp3) is 0.143. The van der Waals surface area contributed by atoms with E-state index >= 15 is 0 Å². The van der Waals surface area contributed by atoms with Crippen molar-refractivity contribution in [2.75, 3.05) is 5.32 Å². The van der Waals surface area contributed by atoms with Crippen molar-refractivity contribution in [3.63, 3.8) is 0 Å². The van der Waals surface area contributed by atoms with Crippen LogP contribution in [0.15, 0.2) is 65.9 Å². The van der Waals surface area contributed by atoms with Gasteiger partial charge >= 0.3 is 0 Å². The van der Waals surface area contributed by atoms with Gasteiger partial charge in [-0.2, -0.15) is 0 Å². The van der Waals surface area contributed by atoms with Crippen LogP contribution in [-0.2, 0) is 0 Å². The maximum absolute atomic E-state index is 12.7. The lowest BCUT2D eigenvalue weighted by Crippen LogP contribution is -2.12. The third-order valence-electron chi connectivity index (χ3n) is 4.57. The van der Waals surface area contributed by atoms with Gasteiger partial charge in [0.15, 0.2) is 0 Å². The summed E-state index contributed by atoms with van der Waals surface area (Å²) in [7, 11) is 0. The van der Waals surface area contributed by atoms with Crippen molar-refractivity contribution in [3.8, 4) is 0 Å². The summed E-state index contributed by atoms with van der Waals surface area (Å²) in [6, 6.07) is 9.12. The molecule has 1 unspecified atom stereocenters. The number of carbonyl (C=O) groups is 1. The summed E-state index contributed by atoms with van der Waals surface area (Å²) in [6.07, 6.45) is 10.8. The molecule has 2 heterocycles. The number of nitrogens with one attached hydrogen (secondary N) is 3. The number of halogens is 1. The van der Waals surface area contributed by atoms with E-state index in [1.807, 2.05) is 36.4 Å². The Morgan fingerprint density at radius 3 is 2.96 bits per heavy atom. The first kappa shape index (κ1) is 17.4. The van der Waals surface area contributed by atoms with E-state index in [9.17, 15) is 4.79 Å². The zero-order valence-electron chi connectivity index (χ0n) is 14.8. The van der Waals surface area contributed by atoms with E-state index in [-0.39, 0.29) is 5.91 Å². The van der Waals surface area contributed by atoms with E-state index in [1.165, 1.54) is 0 Å². The van der Waals surface area contributed by atoms with Crippen LogP contribution in [0, 0.1) is 5.92 Å². The van der Waals surface area contributed by atoms with Gasteiger partial charge in [0, 0.05) is 16.8 Å². The quantitative estimate of drug-likeness (QED) is 0.580. The van der Waals surface area contributed by atoms with Crippen molar-refractivity contribution < 1.29 is 4.79 Å². The molecule has 1 amide bonds. The van der Waals surface area contributed by atoms with Gasteiger partial charge in [-0.05, 0) is 36.6 Å². The molecule has 0 fully saturated rings. The Balaban J connectivity index is 1.72. The number of hydrogen-bond donors (Lipinski definition) is 3. The predicted molar refractivity (Wildman–Crippen MR) is 110 cm³/mol. The molecule has 6 heteroatoms. The Labute approximate surface area is 161 Å². The number of nitrogens with zero attached hydrogens (tertiary/aromatic N) is 1. The minimum Gasteiger partial charge on any atom is -0.348 e. The van der Waals surface area contributed by atoms with Crippen LogP contribution in [0.4, 0.5) is 5.82 Å². The van der Waals surface area contributed by atoms with Crippen molar-refractivity contribution >= 4 is 39.9 Å². The zero-order valence-corrected chi connectivity index (χ0v) is 15.5. The molecule has 0 saturated heterocycles. The van der Waals surface area contributed by atoms with Crippen molar-refractivity contribution in [1.29, 1.82) is 0 Å². The first-order valence-electron chi connectivity index (χ1n) is 8.85. The van der Waals surface area contributed by atoms with Crippen molar-refractivity contribution in [3.05, 3.63) is 77.3 Å². The number of fused-ring (bicyclic) bond motifs is 1. The topological polar surface area (TPSA) is 73.6 Å². The van der Waals surface area contributed by atoms with Gasteiger partial charge in [0.25, 0.3) is 5.91 Å². The molecule has 136 valence electrons. The van der Waals surface area contributed by atoms with Crippen LogP contribution in [0.3, 0.4) is 0 Å². The van der Waals surface area contributed by atoms with E-state index < -0.39 is 0 Å². The third-order valence-corrected chi connectivity index (χ3v) is 4.90. The summed E-state index contributed by atoms with van der Waals surface area (Å²) in [6.45, 7) is 2.12. The largest absolute Gasteiger partial charge is 0.348 e. The van der Waals surface area contributed by atoms with E-state index in [0.717, 1.165) is 17.5 Å². The molecule has 1 aliphatic carbocycles. The smallest absolute Gasteiger partial charge is 0.259 e. The fourth-order valence-corrected chi connectivity index (χ4v) is 3.41. The van der Waals surface area contributed by atoms with Crippen LogP contribution in [0.5, 0.6) is 0 Å². The molecule has 27 heavy (non-hydrogen) atoms. The van der Waals surface area contributed by atoms with E-state index in [2.05, 4.69) is 33.3 Å². The van der Waals surface area contributed by atoms with Gasteiger partial charge in [0.2, 0.25) is 0 Å². The number of hydrogen-bond acceptors (Lipinski definition) is 2. The SMILES string of the molecule is CCC1C=CC=C(c2nc3c(C(=O)Nc4ccc[nH]4)cccc3[nH]2)C(Cl)=C1. The monoisotopic (exact) mass is 378 g/mol. The lowest BCUT2D eigenvalue weighted by molar-refractivity contribution is 0.102. The Morgan fingerprint density at radius 1 is 1.30 bits per heavy atom. The molecule has 4 rings (SSSR count). The highest BCUT2D eigenvalue weighted by molar-refractivity contribution is 6.37. The Bertz CT molecular complexity index is 1070. The van der Waals surface area contributed by atoms with E-state index in [0.29, 0.717) is 33.7 Å². The standard InChI is InChI=1S/C21H19ClN4O/c1-2-13-6-3-7-14(16(22)12-13)20-24-17-9-4-8-15(19(17)26-20)21(27)25-18-10-5-11-23-18/h3-13,23H,2H2,1H3,(H,24,26)(H,25,27). The lowest BCUT2D eigenvalue weighted by atomic mass is 10.1. The molecule has 5 nitrogen and oxygen atoms in total. The number of allylic oxidation sites excluding steroid dienone is 6. The summed E-state index contributed by atoms with van der Waals surface area (Å²) >= 11 is 6.53. The van der Waals surface area contributed by atoms with Gasteiger partial charge in [-0.1, -0.05) is 48.9 Å². The minimum absolute atomic E-state index is 0.219. The molecule has 2 aromatic heterocycles. The van der Waals surface area contributed by atoms with Crippen LogP contribution in [0.1, 0.15) is 29.5 Å². The molecule has 0 radical (unpaired) electrons. The van der Waals surface area contributed by atoms with Gasteiger partial charge in [-0.3, -0.25) is 4.79 Å². The van der Waals surface area contributed by atoms with Crippen LogP contribution >= 0.6 is 11.6 Å². The summed E-state index contributed by atoms with van der Waals surface area (Å²) in [5.74, 6) is 1.37. The van der Waals surface area contributed by atoms with Crippen LogP contribution in [-0.4, -0.2) is 20.9 Å². The maximum Gasteiger partial charge on any atom is 0.259 e. The van der Waals surface area contributed by atoms with Crippen LogP contribution in [0.2, 0.25) is 0 Å². The van der Waals surface area contributed by atoms with E-state index in [1.54, 1.807) is 18.3 Å². The first-order valence-corrected chi connectivity index (χ1v) is 9.23. The highest BCUT2D eigenvalue weighted by Gasteiger charge is 2.18. The van der Waals surface area contributed by atoms with Gasteiger partial charge in [0.1, 0.15) is 17.2 Å². The van der Waals surface area contributed by atoms with Gasteiger partial charge < -0.3 is 15.3 Å². The number of aromatic amines is 2. The Kier molecular flexibility index (Phi) is 4.69. The number of benzene rings is 1. The Morgan fingerprint density at radius 2 is 2.19 bits per heavy atom. The van der Waals surface area contributed by atoms with E-state index in [4.69, 9.17) is 11.6 Å². The van der Waals surface area contributed by atoms with Crippen molar-refractivity contribution in [2.24, 2.45) is 5.92 Å². The number of para-hydroxylation sites is 1. The number of carbonyl (C=O) groups excluding carboxylic acids is 1. The molecule has 3 aromatic rings. The Hall–Kier alpha value is -3.05. The number of H-pyrrole nitrogens is 2.